The predicted molar refractivity (Wildman–Crippen MR) is 120 cm³/mol. The summed E-state index contributed by atoms with van der Waals surface area (Å²) >= 11 is 0. The van der Waals surface area contributed by atoms with Crippen LogP contribution in [0, 0.1) is 17.1 Å². The van der Waals surface area contributed by atoms with Crippen molar-refractivity contribution in [2.24, 2.45) is 0 Å². The summed E-state index contributed by atoms with van der Waals surface area (Å²) in [4.78, 5) is 12.9. The molecule has 2 N–H and O–H groups in total. The number of nitrogens with two attached hydrogens (primary N) is 1. The molecular weight excluding hydrogens is 459 g/mol. The largest absolute Gasteiger partial charge is 0.366 e. The van der Waals surface area contributed by atoms with Gasteiger partial charge in [0.2, 0.25) is 5.95 Å². The first-order chi connectivity index (χ1) is 16.7. The molecule has 35 heavy (non-hydrogen) atoms. The summed E-state index contributed by atoms with van der Waals surface area (Å²) in [5.41, 5.74) is 7.79. The number of fused-ring (bicyclic) bond motifs is 1. The quantitative estimate of drug-likeness (QED) is 0.409. The lowest BCUT2D eigenvalue weighted by atomic mass is 10.0. The van der Waals surface area contributed by atoms with Crippen LogP contribution in [0.2, 0.25) is 0 Å². The van der Waals surface area contributed by atoms with Crippen LogP contribution in [0.15, 0.2) is 61.2 Å². The molecule has 0 aliphatic carbocycles. The van der Waals surface area contributed by atoms with Crippen molar-refractivity contribution in [1.29, 1.82) is 5.26 Å². The van der Waals surface area contributed by atoms with E-state index in [4.69, 9.17) is 5.73 Å². The Bertz CT molecular complexity index is 1580. The van der Waals surface area contributed by atoms with E-state index in [2.05, 4.69) is 25.1 Å². The van der Waals surface area contributed by atoms with Gasteiger partial charge in [0, 0.05) is 24.9 Å². The fraction of sp³-hybridized carbons (Fsp3) is 0.130. The summed E-state index contributed by atoms with van der Waals surface area (Å²) in [6.07, 6.45) is 5.92. The van der Waals surface area contributed by atoms with Crippen LogP contribution in [0.25, 0.3) is 28.2 Å². The fourth-order valence-corrected chi connectivity index (χ4v) is 3.81. The number of hydrogen-bond donors (Lipinski definition) is 1. The molecule has 0 radical (unpaired) electrons. The first-order valence-corrected chi connectivity index (χ1v) is 10.3. The van der Waals surface area contributed by atoms with Crippen LogP contribution in [-0.2, 0) is 0 Å². The highest BCUT2D eigenvalue weighted by molar-refractivity contribution is 5.69. The number of aromatic nitrogens is 7. The molecule has 0 fully saturated rings. The maximum Gasteiger partial charge on any atom is 0.271 e. The zero-order valence-electron chi connectivity index (χ0n) is 18.1. The smallest absolute Gasteiger partial charge is 0.271 e. The molecule has 4 heterocycles. The lowest BCUT2D eigenvalue weighted by Crippen LogP contribution is -2.29. The Kier molecular flexibility index (Phi) is 5.17. The van der Waals surface area contributed by atoms with Crippen molar-refractivity contribution in [3.05, 3.63) is 78.3 Å². The number of nitriles is 1. The van der Waals surface area contributed by atoms with Crippen LogP contribution in [0.4, 0.5) is 19.1 Å². The van der Waals surface area contributed by atoms with E-state index in [-0.39, 0.29) is 28.5 Å². The zero-order chi connectivity index (χ0) is 24.7. The van der Waals surface area contributed by atoms with Crippen LogP contribution < -0.4 is 5.73 Å². The maximum absolute atomic E-state index is 14.6. The first kappa shape index (κ1) is 22.0. The van der Waals surface area contributed by atoms with Crippen LogP contribution in [0.5, 0.6) is 0 Å². The van der Waals surface area contributed by atoms with Gasteiger partial charge in [-0.15, -0.1) is 5.10 Å². The predicted octanol–water partition coefficient (Wildman–Crippen LogP) is 3.89. The number of nitrogens with zero attached hydrogens (tertiary/aromatic N) is 8. The van der Waals surface area contributed by atoms with Crippen molar-refractivity contribution in [1.82, 2.24) is 34.3 Å². The van der Waals surface area contributed by atoms with Crippen molar-refractivity contribution < 1.29 is 13.2 Å². The molecule has 5 aromatic rings. The first-order valence-electron chi connectivity index (χ1n) is 10.3. The molecule has 0 amide bonds. The monoisotopic (exact) mass is 475 g/mol. The maximum atomic E-state index is 14.6. The van der Waals surface area contributed by atoms with Gasteiger partial charge in [0.1, 0.15) is 17.9 Å². The van der Waals surface area contributed by atoms with E-state index in [1.807, 2.05) is 6.07 Å². The standard InChI is InChI=1S/C23H16F3N9/c1-23(25,26)21(13-2-4-15(24)5-3-13)35-12-16(17(9-27)32-35)19-11-29-10-18(30-19)14-6-7-34-20(8-14)31-22(28)33-34/h2-8,10-12,21H,1H3,(H2,28,33). The minimum atomic E-state index is -3.27. The molecule has 0 aliphatic rings. The van der Waals surface area contributed by atoms with Crippen LogP contribution >= 0.6 is 0 Å². The van der Waals surface area contributed by atoms with E-state index in [0.717, 1.165) is 23.7 Å². The van der Waals surface area contributed by atoms with Crippen LogP contribution in [-0.4, -0.2) is 40.3 Å². The Morgan fingerprint density at radius 3 is 2.51 bits per heavy atom. The molecule has 0 saturated carbocycles. The second-order valence-corrected chi connectivity index (χ2v) is 7.87. The second-order valence-electron chi connectivity index (χ2n) is 7.87. The fourth-order valence-electron chi connectivity index (χ4n) is 3.81. The molecule has 9 nitrogen and oxygen atoms in total. The number of anilines is 1. The van der Waals surface area contributed by atoms with Gasteiger partial charge < -0.3 is 5.73 Å². The molecule has 174 valence electrons. The van der Waals surface area contributed by atoms with Gasteiger partial charge in [-0.3, -0.25) is 9.67 Å². The minimum Gasteiger partial charge on any atom is -0.366 e. The Hall–Kier alpha value is -4.79. The normalized spacial score (nSPS) is 12.5. The number of nitrogen functional groups attached to an aromatic ring is 1. The highest BCUT2D eigenvalue weighted by Crippen LogP contribution is 2.36. The molecule has 0 aliphatic heterocycles. The van der Waals surface area contributed by atoms with Crippen LogP contribution in [0.1, 0.15) is 24.2 Å². The van der Waals surface area contributed by atoms with E-state index in [1.54, 1.807) is 18.3 Å². The summed E-state index contributed by atoms with van der Waals surface area (Å²) in [6.45, 7) is 0.738. The summed E-state index contributed by atoms with van der Waals surface area (Å²) in [6, 6.07) is 8.53. The molecule has 4 aromatic heterocycles. The van der Waals surface area contributed by atoms with Gasteiger partial charge in [0.25, 0.3) is 5.92 Å². The van der Waals surface area contributed by atoms with Gasteiger partial charge in [-0.05, 0) is 29.8 Å². The number of alkyl halides is 2. The minimum absolute atomic E-state index is 0.103. The molecule has 1 aromatic carbocycles. The van der Waals surface area contributed by atoms with Crippen molar-refractivity contribution >= 4 is 11.6 Å². The highest BCUT2D eigenvalue weighted by Gasteiger charge is 2.38. The third kappa shape index (κ3) is 4.15. The molecule has 0 spiro atoms. The van der Waals surface area contributed by atoms with Gasteiger partial charge >= 0.3 is 0 Å². The Labute approximate surface area is 196 Å². The van der Waals surface area contributed by atoms with Gasteiger partial charge in [-0.2, -0.15) is 15.3 Å². The highest BCUT2D eigenvalue weighted by atomic mass is 19.3. The van der Waals surface area contributed by atoms with E-state index in [0.29, 0.717) is 16.9 Å². The van der Waals surface area contributed by atoms with Crippen LogP contribution in [0.3, 0.4) is 0 Å². The number of pyridine rings is 1. The Morgan fingerprint density at radius 1 is 1.06 bits per heavy atom. The molecule has 5 rings (SSSR count). The zero-order valence-corrected chi connectivity index (χ0v) is 18.1. The molecule has 1 atom stereocenters. The van der Waals surface area contributed by atoms with Gasteiger partial charge in [-0.25, -0.2) is 22.7 Å². The summed E-state index contributed by atoms with van der Waals surface area (Å²) < 4.78 is 45.2. The van der Waals surface area contributed by atoms with Gasteiger partial charge in [0.15, 0.2) is 11.3 Å². The Morgan fingerprint density at radius 2 is 1.80 bits per heavy atom. The third-order valence-electron chi connectivity index (χ3n) is 5.33. The topological polar surface area (TPSA) is 124 Å². The number of hydrogen-bond acceptors (Lipinski definition) is 7. The van der Waals surface area contributed by atoms with E-state index in [1.165, 1.54) is 35.2 Å². The van der Waals surface area contributed by atoms with Gasteiger partial charge in [0.05, 0.1) is 29.3 Å². The van der Waals surface area contributed by atoms with Gasteiger partial charge in [-0.1, -0.05) is 12.1 Å². The lowest BCUT2D eigenvalue weighted by Gasteiger charge is -2.24. The van der Waals surface area contributed by atoms with Crippen molar-refractivity contribution in [2.45, 2.75) is 18.9 Å². The van der Waals surface area contributed by atoms with Crippen molar-refractivity contribution in [2.75, 3.05) is 5.73 Å². The molecule has 12 heteroatoms. The van der Waals surface area contributed by atoms with E-state index in [9.17, 15) is 18.4 Å². The summed E-state index contributed by atoms with van der Waals surface area (Å²) in [5, 5.41) is 17.8. The molecule has 0 bridgehead atoms. The van der Waals surface area contributed by atoms with E-state index >= 15 is 0 Å². The molecule has 1 unspecified atom stereocenters. The number of benzene rings is 1. The second kappa shape index (κ2) is 8.21. The third-order valence-corrected chi connectivity index (χ3v) is 5.33. The summed E-state index contributed by atoms with van der Waals surface area (Å²) in [7, 11) is 0. The molecular formula is C23H16F3N9. The van der Waals surface area contributed by atoms with Crippen molar-refractivity contribution in [3.63, 3.8) is 0 Å². The Balaban J connectivity index is 1.58. The van der Waals surface area contributed by atoms with E-state index < -0.39 is 17.8 Å². The molecule has 0 saturated heterocycles. The van der Waals surface area contributed by atoms with Crippen molar-refractivity contribution in [3.8, 4) is 28.6 Å². The number of halogens is 3. The lowest BCUT2D eigenvalue weighted by molar-refractivity contribution is -0.0217. The number of rotatable bonds is 5. The SMILES string of the molecule is CC(F)(F)C(c1ccc(F)cc1)n1cc(-c2cncc(-c3ccn4nc(N)nc4c3)n2)c(C#N)n1. The average Bonchev–Trinajstić information content (AvgIpc) is 3.41. The summed E-state index contributed by atoms with van der Waals surface area (Å²) in [5.74, 6) is -3.70. The average molecular weight is 475 g/mol.